The van der Waals surface area contributed by atoms with E-state index in [1.54, 1.807) is 0 Å². The second-order valence-corrected chi connectivity index (χ2v) is 8.36. The lowest BCUT2D eigenvalue weighted by Crippen LogP contribution is -2.59. The molecular formula is C20H29NO2. The first-order valence-corrected chi connectivity index (χ1v) is 9.23. The van der Waals surface area contributed by atoms with Crippen molar-refractivity contribution in [1.82, 2.24) is 5.32 Å². The summed E-state index contributed by atoms with van der Waals surface area (Å²) in [6.07, 6.45) is 7.91. The van der Waals surface area contributed by atoms with E-state index in [-0.39, 0.29) is 0 Å². The van der Waals surface area contributed by atoms with Crippen molar-refractivity contribution in [2.45, 2.75) is 57.1 Å². The number of aryl methyl sites for hydroxylation is 1. The van der Waals surface area contributed by atoms with Crippen molar-refractivity contribution < 1.29 is 9.84 Å². The van der Waals surface area contributed by atoms with Crippen LogP contribution in [-0.2, 0) is 0 Å². The van der Waals surface area contributed by atoms with Gasteiger partial charge in [-0.25, -0.2) is 0 Å². The van der Waals surface area contributed by atoms with Gasteiger partial charge in [0.25, 0.3) is 0 Å². The van der Waals surface area contributed by atoms with Gasteiger partial charge in [-0.15, -0.1) is 0 Å². The average molecular weight is 315 g/mol. The Balaban J connectivity index is 1.27. The van der Waals surface area contributed by atoms with Crippen LogP contribution in [0.2, 0.25) is 0 Å². The molecule has 2 N–H and O–H groups in total. The van der Waals surface area contributed by atoms with E-state index in [1.807, 2.05) is 18.2 Å². The van der Waals surface area contributed by atoms with Crippen LogP contribution in [0.15, 0.2) is 24.3 Å². The topological polar surface area (TPSA) is 41.5 Å². The third kappa shape index (κ3) is 3.41. The number of hydrogen-bond donors (Lipinski definition) is 2. The van der Waals surface area contributed by atoms with E-state index >= 15 is 0 Å². The van der Waals surface area contributed by atoms with Gasteiger partial charge in [-0.2, -0.15) is 0 Å². The lowest BCUT2D eigenvalue weighted by Gasteiger charge is -2.57. The van der Waals surface area contributed by atoms with Crippen LogP contribution in [0.25, 0.3) is 0 Å². The molecule has 4 aliphatic rings. The summed E-state index contributed by atoms with van der Waals surface area (Å²) in [4.78, 5) is 0. The van der Waals surface area contributed by atoms with Gasteiger partial charge in [0.15, 0.2) is 0 Å². The molecule has 0 amide bonds. The highest BCUT2D eigenvalue weighted by atomic mass is 16.5. The van der Waals surface area contributed by atoms with Gasteiger partial charge < -0.3 is 15.2 Å². The van der Waals surface area contributed by atoms with Crippen molar-refractivity contribution in [3.8, 4) is 5.75 Å². The number of aliphatic hydroxyl groups is 1. The molecule has 0 heterocycles. The Labute approximate surface area is 139 Å². The molecule has 0 saturated heterocycles. The zero-order valence-corrected chi connectivity index (χ0v) is 14.1. The van der Waals surface area contributed by atoms with E-state index in [9.17, 15) is 5.11 Å². The van der Waals surface area contributed by atoms with Crippen molar-refractivity contribution in [3.05, 3.63) is 29.8 Å². The van der Waals surface area contributed by atoms with E-state index in [0.29, 0.717) is 18.7 Å². The summed E-state index contributed by atoms with van der Waals surface area (Å²) < 4.78 is 5.73. The van der Waals surface area contributed by atoms with Gasteiger partial charge in [0, 0.05) is 12.1 Å². The third-order valence-electron chi connectivity index (χ3n) is 6.18. The molecule has 1 aromatic carbocycles. The minimum atomic E-state index is -0.441. The molecule has 1 aromatic rings. The van der Waals surface area contributed by atoms with Gasteiger partial charge in [0.05, 0.1) is 0 Å². The van der Waals surface area contributed by atoms with Gasteiger partial charge in [-0.3, -0.25) is 0 Å². The zero-order valence-electron chi connectivity index (χ0n) is 14.1. The van der Waals surface area contributed by atoms with Gasteiger partial charge >= 0.3 is 0 Å². The van der Waals surface area contributed by atoms with Crippen LogP contribution in [0.3, 0.4) is 0 Å². The number of benzene rings is 1. The minimum absolute atomic E-state index is 0.319. The first-order valence-electron chi connectivity index (χ1n) is 9.23. The monoisotopic (exact) mass is 315 g/mol. The molecule has 4 fully saturated rings. The van der Waals surface area contributed by atoms with E-state index in [1.165, 1.54) is 44.1 Å². The molecule has 4 aliphatic carbocycles. The molecule has 1 atom stereocenters. The van der Waals surface area contributed by atoms with E-state index in [4.69, 9.17) is 4.74 Å². The fourth-order valence-electron chi connectivity index (χ4n) is 5.62. The fourth-order valence-corrected chi connectivity index (χ4v) is 5.62. The molecular weight excluding hydrogens is 286 g/mol. The molecule has 4 saturated carbocycles. The minimum Gasteiger partial charge on any atom is -0.491 e. The Bertz CT molecular complexity index is 521. The molecule has 23 heavy (non-hydrogen) atoms. The number of nitrogens with one attached hydrogen (secondary N) is 1. The Kier molecular flexibility index (Phi) is 4.10. The zero-order chi connectivity index (χ0) is 15.9. The van der Waals surface area contributed by atoms with Crippen LogP contribution in [0, 0.1) is 24.7 Å². The lowest BCUT2D eigenvalue weighted by molar-refractivity contribution is -0.0266. The number of hydrogen-bond acceptors (Lipinski definition) is 3. The summed E-state index contributed by atoms with van der Waals surface area (Å²) in [6, 6.07) is 8.01. The average Bonchev–Trinajstić information content (AvgIpc) is 2.50. The summed E-state index contributed by atoms with van der Waals surface area (Å²) in [5.74, 6) is 3.66. The summed E-state index contributed by atoms with van der Waals surface area (Å²) in [7, 11) is 0. The molecule has 1 unspecified atom stereocenters. The number of rotatable bonds is 6. The summed E-state index contributed by atoms with van der Waals surface area (Å²) in [5.41, 5.74) is 1.50. The van der Waals surface area contributed by atoms with E-state index in [0.717, 1.165) is 23.5 Å². The second kappa shape index (κ2) is 6.10. The van der Waals surface area contributed by atoms with Crippen LogP contribution in [0.5, 0.6) is 5.75 Å². The molecule has 0 spiro atoms. The van der Waals surface area contributed by atoms with Crippen LogP contribution in [0.1, 0.15) is 44.1 Å². The predicted molar refractivity (Wildman–Crippen MR) is 91.6 cm³/mol. The van der Waals surface area contributed by atoms with Crippen molar-refractivity contribution >= 4 is 0 Å². The van der Waals surface area contributed by atoms with Crippen molar-refractivity contribution in [1.29, 1.82) is 0 Å². The van der Waals surface area contributed by atoms with Gasteiger partial charge in [-0.05, 0) is 80.9 Å². The lowest BCUT2D eigenvalue weighted by atomic mass is 9.53. The number of ether oxygens (including phenoxy) is 1. The Morgan fingerprint density at radius 1 is 1.17 bits per heavy atom. The molecule has 3 nitrogen and oxygen atoms in total. The largest absolute Gasteiger partial charge is 0.491 e. The highest BCUT2D eigenvalue weighted by molar-refractivity contribution is 5.27. The van der Waals surface area contributed by atoms with Crippen LogP contribution in [0.4, 0.5) is 0 Å². The SMILES string of the molecule is Cc1cccc(OCC(O)CNC23CC4CC(CC(C4)C2)C3)c1. The maximum absolute atomic E-state index is 10.3. The molecule has 4 bridgehead atoms. The Hall–Kier alpha value is -1.06. The highest BCUT2D eigenvalue weighted by Crippen LogP contribution is 2.55. The summed E-state index contributed by atoms with van der Waals surface area (Å²) in [5, 5.41) is 14.0. The second-order valence-electron chi connectivity index (χ2n) is 8.36. The maximum Gasteiger partial charge on any atom is 0.119 e. The van der Waals surface area contributed by atoms with E-state index in [2.05, 4.69) is 18.3 Å². The Morgan fingerprint density at radius 2 is 1.83 bits per heavy atom. The first kappa shape index (κ1) is 15.5. The normalized spacial score (nSPS) is 36.2. The predicted octanol–water partition coefficient (Wildman–Crippen LogP) is 3.29. The number of β-amino-alcohol motifs (C(OH)–C–C–N with tert-alkyl or cyclic N) is 1. The highest BCUT2D eigenvalue weighted by Gasteiger charge is 2.50. The standard InChI is InChI=1S/C20H29NO2/c1-14-3-2-4-19(5-14)23-13-18(22)12-21-20-9-15-6-16(10-20)8-17(7-15)11-20/h2-5,15-18,21-22H,6-13H2,1H3. The molecule has 3 heteroatoms. The summed E-state index contributed by atoms with van der Waals surface area (Å²) >= 11 is 0. The van der Waals surface area contributed by atoms with Crippen LogP contribution >= 0.6 is 0 Å². The third-order valence-corrected chi connectivity index (χ3v) is 6.18. The van der Waals surface area contributed by atoms with Crippen LogP contribution in [-0.4, -0.2) is 29.9 Å². The molecule has 126 valence electrons. The van der Waals surface area contributed by atoms with Crippen molar-refractivity contribution in [3.63, 3.8) is 0 Å². The van der Waals surface area contributed by atoms with E-state index < -0.39 is 6.10 Å². The number of aliphatic hydroxyl groups excluding tert-OH is 1. The maximum atomic E-state index is 10.3. The summed E-state index contributed by atoms with van der Waals surface area (Å²) in [6.45, 7) is 3.07. The van der Waals surface area contributed by atoms with Crippen molar-refractivity contribution in [2.75, 3.05) is 13.2 Å². The fraction of sp³-hybridized carbons (Fsp3) is 0.700. The quantitative estimate of drug-likeness (QED) is 0.846. The molecule has 5 rings (SSSR count). The molecule has 0 aliphatic heterocycles. The van der Waals surface area contributed by atoms with Gasteiger partial charge in [-0.1, -0.05) is 12.1 Å². The van der Waals surface area contributed by atoms with Gasteiger partial charge in [0.1, 0.15) is 18.5 Å². The van der Waals surface area contributed by atoms with Gasteiger partial charge in [0.2, 0.25) is 0 Å². The smallest absolute Gasteiger partial charge is 0.119 e. The van der Waals surface area contributed by atoms with Crippen molar-refractivity contribution in [2.24, 2.45) is 17.8 Å². The Morgan fingerprint density at radius 3 is 2.43 bits per heavy atom. The molecule has 0 aromatic heterocycles. The van der Waals surface area contributed by atoms with Crippen LogP contribution < -0.4 is 10.1 Å². The first-order chi connectivity index (χ1) is 11.1. The molecule has 0 radical (unpaired) electrons.